The number of methoxy groups -OCH3 is 1. The highest BCUT2D eigenvalue weighted by atomic mass is 19.3. The SMILES string of the molecule is COc1ccccc1[C@@H]1OC(=O)C[C@@H]1C(=O)OCCC(F)=C(F)F. The van der Waals surface area contributed by atoms with Crippen LogP contribution in [-0.4, -0.2) is 25.7 Å². The number of carbonyl (C=O) groups excluding carboxylic acids is 2. The predicted molar refractivity (Wildman–Crippen MR) is 75.9 cm³/mol. The minimum Gasteiger partial charge on any atom is -0.496 e. The Morgan fingerprint density at radius 3 is 2.67 bits per heavy atom. The molecule has 2 rings (SSSR count). The van der Waals surface area contributed by atoms with E-state index in [0.29, 0.717) is 11.3 Å². The van der Waals surface area contributed by atoms with Gasteiger partial charge in [0.1, 0.15) is 17.8 Å². The summed E-state index contributed by atoms with van der Waals surface area (Å²) in [5, 5.41) is 0. The highest BCUT2D eigenvalue weighted by Crippen LogP contribution is 2.40. The third kappa shape index (κ3) is 4.06. The van der Waals surface area contributed by atoms with Crippen molar-refractivity contribution in [1.29, 1.82) is 0 Å². The molecule has 0 saturated carbocycles. The van der Waals surface area contributed by atoms with Gasteiger partial charge in [0, 0.05) is 12.0 Å². The van der Waals surface area contributed by atoms with E-state index in [-0.39, 0.29) is 6.42 Å². The van der Waals surface area contributed by atoms with E-state index in [9.17, 15) is 22.8 Å². The minimum atomic E-state index is -2.45. The van der Waals surface area contributed by atoms with Gasteiger partial charge in [-0.3, -0.25) is 9.59 Å². The second-order valence-electron chi connectivity index (χ2n) is 5.05. The average molecular weight is 344 g/mol. The Morgan fingerprint density at radius 2 is 2.00 bits per heavy atom. The fourth-order valence-corrected chi connectivity index (χ4v) is 2.39. The molecule has 1 fully saturated rings. The first-order chi connectivity index (χ1) is 11.4. The normalized spacial score (nSPS) is 19.6. The number of rotatable bonds is 6. The van der Waals surface area contributed by atoms with Gasteiger partial charge in [0.2, 0.25) is 0 Å². The van der Waals surface area contributed by atoms with Crippen LogP contribution >= 0.6 is 0 Å². The second kappa shape index (κ2) is 7.85. The molecule has 0 radical (unpaired) electrons. The molecule has 8 heteroatoms. The molecule has 1 aliphatic rings. The number of esters is 2. The van der Waals surface area contributed by atoms with Crippen molar-refractivity contribution in [3.8, 4) is 5.75 Å². The van der Waals surface area contributed by atoms with Gasteiger partial charge in [0.05, 0.1) is 20.1 Å². The maximum absolute atomic E-state index is 12.7. The average Bonchev–Trinajstić information content (AvgIpc) is 2.96. The van der Waals surface area contributed by atoms with Gasteiger partial charge in [-0.05, 0) is 6.07 Å². The molecule has 2 atom stereocenters. The molecule has 0 aliphatic carbocycles. The van der Waals surface area contributed by atoms with Crippen molar-refractivity contribution in [1.82, 2.24) is 0 Å². The fourth-order valence-electron chi connectivity index (χ4n) is 2.39. The van der Waals surface area contributed by atoms with Gasteiger partial charge in [-0.25, -0.2) is 4.39 Å². The molecule has 0 N–H and O–H groups in total. The van der Waals surface area contributed by atoms with Crippen LogP contribution in [0, 0.1) is 5.92 Å². The lowest BCUT2D eigenvalue weighted by molar-refractivity contribution is -0.150. The van der Waals surface area contributed by atoms with E-state index in [1.807, 2.05) is 0 Å². The summed E-state index contributed by atoms with van der Waals surface area (Å²) in [4.78, 5) is 23.7. The molecule has 5 nitrogen and oxygen atoms in total. The van der Waals surface area contributed by atoms with E-state index in [1.54, 1.807) is 24.3 Å². The molecule has 1 aliphatic heterocycles. The topological polar surface area (TPSA) is 61.8 Å². The summed E-state index contributed by atoms with van der Waals surface area (Å²) >= 11 is 0. The van der Waals surface area contributed by atoms with Crippen molar-refractivity contribution in [2.45, 2.75) is 18.9 Å². The lowest BCUT2D eigenvalue weighted by Gasteiger charge is -2.19. The van der Waals surface area contributed by atoms with E-state index in [2.05, 4.69) is 0 Å². The van der Waals surface area contributed by atoms with Gasteiger partial charge in [0.15, 0.2) is 5.83 Å². The number of hydrogen-bond donors (Lipinski definition) is 0. The zero-order valence-corrected chi connectivity index (χ0v) is 12.8. The summed E-state index contributed by atoms with van der Waals surface area (Å²) in [5.41, 5.74) is 0.494. The van der Waals surface area contributed by atoms with Crippen LogP contribution < -0.4 is 4.74 Å². The molecular weight excluding hydrogens is 329 g/mol. The lowest BCUT2D eigenvalue weighted by atomic mass is 9.94. The van der Waals surface area contributed by atoms with Gasteiger partial charge >= 0.3 is 18.0 Å². The van der Waals surface area contributed by atoms with E-state index in [1.165, 1.54) is 7.11 Å². The molecule has 24 heavy (non-hydrogen) atoms. The van der Waals surface area contributed by atoms with Crippen molar-refractivity contribution < 1.29 is 37.0 Å². The van der Waals surface area contributed by atoms with Gasteiger partial charge in [-0.1, -0.05) is 18.2 Å². The molecule has 0 bridgehead atoms. The summed E-state index contributed by atoms with van der Waals surface area (Å²) in [6.45, 7) is -0.550. The van der Waals surface area contributed by atoms with Crippen molar-refractivity contribution in [2.75, 3.05) is 13.7 Å². The number of halogens is 3. The molecule has 0 amide bonds. The molecule has 130 valence electrons. The Morgan fingerprint density at radius 1 is 1.29 bits per heavy atom. The standard InChI is InChI=1S/C16H15F3O5/c1-22-12-5-3-2-4-9(12)14-10(8-13(20)24-14)16(21)23-7-6-11(17)15(18)19/h2-5,10,14H,6-8H2,1H3/t10-,14-/m0/s1. The summed E-state index contributed by atoms with van der Waals surface area (Å²) in [6.07, 6.45) is -4.29. The maximum Gasteiger partial charge on any atom is 0.313 e. The van der Waals surface area contributed by atoms with Gasteiger partial charge < -0.3 is 14.2 Å². The molecular formula is C16H15F3O5. The smallest absolute Gasteiger partial charge is 0.313 e. The van der Waals surface area contributed by atoms with Crippen molar-refractivity contribution in [3.63, 3.8) is 0 Å². The van der Waals surface area contributed by atoms with Crippen molar-refractivity contribution >= 4 is 11.9 Å². The van der Waals surface area contributed by atoms with Gasteiger partial charge in [-0.15, -0.1) is 0 Å². The Labute approximate surface area is 136 Å². The minimum absolute atomic E-state index is 0.211. The molecule has 1 aromatic carbocycles. The van der Waals surface area contributed by atoms with Gasteiger partial charge in [-0.2, -0.15) is 8.78 Å². The molecule has 0 aromatic heterocycles. The zero-order chi connectivity index (χ0) is 17.7. The number of para-hydroxylation sites is 1. The monoisotopic (exact) mass is 344 g/mol. The Kier molecular flexibility index (Phi) is 5.83. The summed E-state index contributed by atoms with van der Waals surface area (Å²) in [7, 11) is 1.43. The summed E-state index contributed by atoms with van der Waals surface area (Å²) in [6, 6.07) is 6.70. The summed E-state index contributed by atoms with van der Waals surface area (Å²) in [5.74, 6) is -3.56. The highest BCUT2D eigenvalue weighted by molar-refractivity contribution is 5.84. The van der Waals surface area contributed by atoms with Crippen molar-refractivity contribution in [2.24, 2.45) is 5.92 Å². The number of hydrogen-bond acceptors (Lipinski definition) is 5. The Balaban J connectivity index is 2.08. The second-order valence-corrected chi connectivity index (χ2v) is 5.05. The summed E-state index contributed by atoms with van der Waals surface area (Å²) < 4.78 is 51.8. The lowest BCUT2D eigenvalue weighted by Crippen LogP contribution is -2.22. The van der Waals surface area contributed by atoms with Crippen LogP contribution in [0.25, 0.3) is 0 Å². The van der Waals surface area contributed by atoms with Crippen LogP contribution in [0.3, 0.4) is 0 Å². The van der Waals surface area contributed by atoms with Crippen LogP contribution in [0.1, 0.15) is 24.5 Å². The number of ether oxygens (including phenoxy) is 3. The predicted octanol–water partition coefficient (Wildman–Crippen LogP) is 3.31. The Bertz CT molecular complexity index is 655. The van der Waals surface area contributed by atoms with Crippen LogP contribution in [-0.2, 0) is 19.1 Å². The molecule has 1 saturated heterocycles. The van der Waals surface area contributed by atoms with E-state index in [0.717, 1.165) is 0 Å². The number of carbonyl (C=O) groups is 2. The van der Waals surface area contributed by atoms with Crippen LogP contribution in [0.15, 0.2) is 36.2 Å². The number of cyclic esters (lactones) is 1. The van der Waals surface area contributed by atoms with Gasteiger partial charge in [0.25, 0.3) is 0 Å². The van der Waals surface area contributed by atoms with Crippen LogP contribution in [0.2, 0.25) is 0 Å². The Hall–Kier alpha value is -2.51. The first kappa shape index (κ1) is 17.8. The van der Waals surface area contributed by atoms with Crippen LogP contribution in [0.4, 0.5) is 13.2 Å². The third-order valence-electron chi connectivity index (χ3n) is 3.53. The first-order valence-electron chi connectivity index (χ1n) is 7.12. The van der Waals surface area contributed by atoms with Crippen molar-refractivity contribution in [3.05, 3.63) is 41.7 Å². The van der Waals surface area contributed by atoms with E-state index < -0.39 is 48.9 Å². The zero-order valence-electron chi connectivity index (χ0n) is 12.8. The largest absolute Gasteiger partial charge is 0.496 e. The molecule has 0 spiro atoms. The third-order valence-corrected chi connectivity index (χ3v) is 3.53. The van der Waals surface area contributed by atoms with E-state index in [4.69, 9.17) is 14.2 Å². The molecule has 1 heterocycles. The van der Waals surface area contributed by atoms with Crippen LogP contribution in [0.5, 0.6) is 5.75 Å². The maximum atomic E-state index is 12.7. The fraction of sp³-hybridized carbons (Fsp3) is 0.375. The highest BCUT2D eigenvalue weighted by Gasteiger charge is 2.43. The molecule has 0 unspecified atom stereocenters. The first-order valence-corrected chi connectivity index (χ1v) is 7.12. The molecule has 1 aromatic rings. The quantitative estimate of drug-likeness (QED) is 0.741. The van der Waals surface area contributed by atoms with E-state index >= 15 is 0 Å². The number of benzene rings is 1.